The number of rotatable bonds is 2. The number of alkyl halides is 3. The Bertz CT molecular complexity index is 1200. The third-order valence-corrected chi connectivity index (χ3v) is 5.03. The summed E-state index contributed by atoms with van der Waals surface area (Å²) in [5, 5.41) is 0.715. The fourth-order valence-electron chi connectivity index (χ4n) is 2.82. The Balaban J connectivity index is 1.80. The van der Waals surface area contributed by atoms with Gasteiger partial charge in [-0.2, -0.15) is 13.2 Å². The number of pyridine rings is 1. The maximum Gasteiger partial charge on any atom is 0.416 e. The van der Waals surface area contributed by atoms with Gasteiger partial charge in [-0.25, -0.2) is 4.98 Å². The molecule has 1 N–H and O–H groups in total. The number of nitrogens with zero attached hydrogens (tertiary/aromatic N) is 2. The smallest absolute Gasteiger partial charge is 0.338 e. The van der Waals surface area contributed by atoms with Crippen LogP contribution in [0.25, 0.3) is 33.7 Å². The van der Waals surface area contributed by atoms with Gasteiger partial charge in [0, 0.05) is 17.3 Å². The highest BCUT2D eigenvalue weighted by atomic mass is 35.5. The Labute approximate surface area is 172 Å². The molecule has 0 saturated carbocycles. The second kappa shape index (κ2) is 6.95. The third-order valence-electron chi connectivity index (χ3n) is 4.12. The van der Waals surface area contributed by atoms with Crippen molar-refractivity contribution >= 4 is 45.8 Å². The third kappa shape index (κ3) is 3.43. The quantitative estimate of drug-likeness (QED) is 0.355. The summed E-state index contributed by atoms with van der Waals surface area (Å²) in [6.45, 7) is 0. The van der Waals surface area contributed by atoms with Crippen LogP contribution in [0.5, 0.6) is 0 Å². The molecule has 9 heteroatoms. The van der Waals surface area contributed by atoms with Crippen LogP contribution in [0.15, 0.2) is 48.7 Å². The van der Waals surface area contributed by atoms with Gasteiger partial charge in [0.25, 0.3) is 0 Å². The van der Waals surface area contributed by atoms with Crippen molar-refractivity contribution in [1.29, 1.82) is 0 Å². The van der Waals surface area contributed by atoms with Crippen LogP contribution in [0.1, 0.15) is 5.56 Å². The molecule has 28 heavy (non-hydrogen) atoms. The molecule has 0 bridgehead atoms. The Morgan fingerprint density at radius 1 is 0.893 bits per heavy atom. The van der Waals surface area contributed by atoms with Gasteiger partial charge in [0.1, 0.15) is 11.3 Å². The minimum atomic E-state index is -4.51. The highest BCUT2D eigenvalue weighted by molar-refractivity contribution is 6.35. The average molecular weight is 443 g/mol. The zero-order valence-electron chi connectivity index (χ0n) is 13.8. The van der Waals surface area contributed by atoms with Gasteiger partial charge in [-0.1, -0.05) is 40.9 Å². The van der Waals surface area contributed by atoms with Crippen molar-refractivity contribution in [3.8, 4) is 22.6 Å². The Hall–Kier alpha value is -2.28. The van der Waals surface area contributed by atoms with E-state index in [1.165, 1.54) is 0 Å². The number of aromatic amines is 1. The lowest BCUT2D eigenvalue weighted by Crippen LogP contribution is -2.04. The van der Waals surface area contributed by atoms with Crippen LogP contribution in [-0.2, 0) is 6.18 Å². The van der Waals surface area contributed by atoms with Crippen molar-refractivity contribution in [2.75, 3.05) is 0 Å². The van der Waals surface area contributed by atoms with E-state index in [-0.39, 0.29) is 16.1 Å². The predicted molar refractivity (Wildman–Crippen MR) is 105 cm³/mol. The molecule has 4 aromatic rings. The number of benzene rings is 2. The first-order chi connectivity index (χ1) is 13.2. The number of halogens is 6. The Morgan fingerprint density at radius 2 is 1.68 bits per heavy atom. The first-order valence-corrected chi connectivity index (χ1v) is 9.04. The van der Waals surface area contributed by atoms with Gasteiger partial charge in [-0.05, 0) is 36.4 Å². The highest BCUT2D eigenvalue weighted by Gasteiger charge is 2.31. The summed E-state index contributed by atoms with van der Waals surface area (Å²) in [6.07, 6.45) is -2.90. The van der Waals surface area contributed by atoms with E-state index in [4.69, 9.17) is 34.8 Å². The van der Waals surface area contributed by atoms with E-state index >= 15 is 0 Å². The van der Waals surface area contributed by atoms with Crippen molar-refractivity contribution < 1.29 is 13.2 Å². The maximum atomic E-state index is 13.0. The molecule has 142 valence electrons. The van der Waals surface area contributed by atoms with Crippen molar-refractivity contribution in [1.82, 2.24) is 15.0 Å². The summed E-state index contributed by atoms with van der Waals surface area (Å²) < 4.78 is 39.0. The van der Waals surface area contributed by atoms with E-state index in [9.17, 15) is 13.2 Å². The molecular formula is C19H9Cl3F3N3. The molecule has 0 radical (unpaired) electrons. The number of aromatic nitrogens is 3. The average Bonchev–Trinajstić information content (AvgIpc) is 3.06. The molecular weight excluding hydrogens is 434 g/mol. The summed E-state index contributed by atoms with van der Waals surface area (Å²) in [5.74, 6) is 0.305. The fourth-order valence-corrected chi connectivity index (χ4v) is 3.58. The zero-order valence-corrected chi connectivity index (χ0v) is 16.0. The maximum absolute atomic E-state index is 13.0. The predicted octanol–water partition coefficient (Wildman–Crippen LogP) is 7.27. The van der Waals surface area contributed by atoms with Gasteiger partial charge in [0.15, 0.2) is 0 Å². The minimum Gasteiger partial charge on any atom is -0.338 e. The van der Waals surface area contributed by atoms with Crippen LogP contribution in [0.2, 0.25) is 15.1 Å². The molecule has 0 amide bonds. The van der Waals surface area contributed by atoms with Gasteiger partial charge < -0.3 is 4.98 Å². The molecule has 2 aromatic carbocycles. The lowest BCUT2D eigenvalue weighted by molar-refractivity contribution is -0.137. The van der Waals surface area contributed by atoms with Crippen LogP contribution in [0.3, 0.4) is 0 Å². The van der Waals surface area contributed by atoms with Gasteiger partial charge in [0.05, 0.1) is 31.8 Å². The molecule has 0 fully saturated rings. The molecule has 2 heterocycles. The number of nitrogens with one attached hydrogen (secondary N) is 1. The van der Waals surface area contributed by atoms with E-state index < -0.39 is 11.7 Å². The van der Waals surface area contributed by atoms with Crippen molar-refractivity contribution in [2.45, 2.75) is 6.18 Å². The van der Waals surface area contributed by atoms with Gasteiger partial charge in [-0.3, -0.25) is 4.98 Å². The fraction of sp³-hybridized carbons (Fsp3) is 0.0526. The van der Waals surface area contributed by atoms with E-state index in [2.05, 4.69) is 15.0 Å². The number of fused-ring (bicyclic) bond motifs is 1. The summed E-state index contributed by atoms with van der Waals surface area (Å²) in [7, 11) is 0. The molecule has 0 aliphatic carbocycles. The van der Waals surface area contributed by atoms with Gasteiger partial charge in [-0.15, -0.1) is 0 Å². The standard InChI is InChI=1S/C19H9Cl3F3N3/c20-12-2-1-5-26-16(12)9-3-4-11(13(21)6-9)18-27-15-8-10(19(23,24)25)7-14(22)17(15)28-18/h1-8H,(H,27,28). The summed E-state index contributed by atoms with van der Waals surface area (Å²) in [6, 6.07) is 10.4. The Kier molecular flexibility index (Phi) is 4.73. The lowest BCUT2D eigenvalue weighted by Gasteiger charge is -2.06. The van der Waals surface area contributed by atoms with Gasteiger partial charge >= 0.3 is 6.18 Å². The van der Waals surface area contributed by atoms with Crippen LogP contribution in [0, 0.1) is 0 Å². The number of imidazole rings is 1. The SMILES string of the molecule is FC(F)(F)c1cc(Cl)c2nc(-c3ccc(-c4ncccc4Cl)cc3Cl)[nH]c2c1. The molecule has 0 unspecified atom stereocenters. The first kappa shape index (κ1) is 19.1. The van der Waals surface area contributed by atoms with Crippen LogP contribution >= 0.6 is 34.8 Å². The number of hydrogen-bond donors (Lipinski definition) is 1. The van der Waals surface area contributed by atoms with Crippen LogP contribution < -0.4 is 0 Å². The second-order valence-corrected chi connectivity index (χ2v) is 7.19. The largest absolute Gasteiger partial charge is 0.416 e. The van der Waals surface area contributed by atoms with E-state index in [1.54, 1.807) is 36.5 Å². The molecule has 0 spiro atoms. The molecule has 0 atom stereocenters. The van der Waals surface area contributed by atoms with E-state index in [0.29, 0.717) is 32.7 Å². The summed E-state index contributed by atoms with van der Waals surface area (Å²) in [5.41, 5.74) is 1.33. The monoisotopic (exact) mass is 441 g/mol. The second-order valence-electron chi connectivity index (χ2n) is 5.97. The van der Waals surface area contributed by atoms with Crippen molar-refractivity contribution in [3.63, 3.8) is 0 Å². The minimum absolute atomic E-state index is 0.0969. The summed E-state index contributed by atoms with van der Waals surface area (Å²) in [4.78, 5) is 11.4. The zero-order chi connectivity index (χ0) is 20.1. The summed E-state index contributed by atoms with van der Waals surface area (Å²) >= 11 is 18.5. The Morgan fingerprint density at radius 3 is 2.36 bits per heavy atom. The van der Waals surface area contributed by atoms with E-state index in [0.717, 1.165) is 12.1 Å². The highest BCUT2D eigenvalue weighted by Crippen LogP contribution is 2.37. The van der Waals surface area contributed by atoms with Crippen molar-refractivity contribution in [2.24, 2.45) is 0 Å². The topological polar surface area (TPSA) is 41.6 Å². The van der Waals surface area contributed by atoms with Crippen LogP contribution in [-0.4, -0.2) is 15.0 Å². The van der Waals surface area contributed by atoms with E-state index in [1.807, 2.05) is 0 Å². The molecule has 0 saturated heterocycles. The first-order valence-electron chi connectivity index (χ1n) is 7.91. The van der Waals surface area contributed by atoms with Crippen LogP contribution in [0.4, 0.5) is 13.2 Å². The number of H-pyrrole nitrogens is 1. The lowest BCUT2D eigenvalue weighted by atomic mass is 10.1. The van der Waals surface area contributed by atoms with Crippen molar-refractivity contribution in [3.05, 3.63) is 69.3 Å². The molecule has 4 rings (SSSR count). The normalized spacial score (nSPS) is 11.9. The molecule has 0 aliphatic heterocycles. The molecule has 3 nitrogen and oxygen atoms in total. The number of hydrogen-bond acceptors (Lipinski definition) is 2. The molecule has 2 aromatic heterocycles. The van der Waals surface area contributed by atoms with Gasteiger partial charge in [0.2, 0.25) is 0 Å². The molecule has 0 aliphatic rings.